The molecule has 0 spiro atoms. The van der Waals surface area contributed by atoms with E-state index in [4.69, 9.17) is 44.3 Å². The lowest BCUT2D eigenvalue weighted by Gasteiger charge is -2.21. The molecule has 2 N–H and O–H groups in total. The SMILES string of the molecule is CCOc1cc(CNCCc2ccc(Cl)cc2Cl)c(Cl)cc1OCC(=O)NC(C)(C)C. The molecule has 2 rings (SSSR count). The van der Waals surface area contributed by atoms with Crippen LogP contribution >= 0.6 is 34.8 Å². The van der Waals surface area contributed by atoms with E-state index in [1.165, 1.54) is 0 Å². The molecule has 0 aromatic heterocycles. The minimum atomic E-state index is -0.327. The highest BCUT2D eigenvalue weighted by atomic mass is 35.5. The number of benzene rings is 2. The number of rotatable bonds is 10. The molecule has 2 aromatic carbocycles. The van der Waals surface area contributed by atoms with Crippen molar-refractivity contribution in [2.75, 3.05) is 19.8 Å². The number of hydrogen-bond acceptors (Lipinski definition) is 4. The molecule has 31 heavy (non-hydrogen) atoms. The molecule has 0 aliphatic carbocycles. The van der Waals surface area contributed by atoms with Gasteiger partial charge in [-0.3, -0.25) is 4.79 Å². The first-order chi connectivity index (χ1) is 14.6. The highest BCUT2D eigenvalue weighted by Crippen LogP contribution is 2.33. The maximum atomic E-state index is 12.1. The van der Waals surface area contributed by atoms with Crippen LogP contribution in [0, 0.1) is 0 Å². The van der Waals surface area contributed by atoms with Crippen LogP contribution in [-0.2, 0) is 17.8 Å². The first kappa shape index (κ1) is 25.6. The van der Waals surface area contributed by atoms with Crippen molar-refractivity contribution in [2.24, 2.45) is 0 Å². The number of carbonyl (C=O) groups is 1. The van der Waals surface area contributed by atoms with Gasteiger partial charge < -0.3 is 20.1 Å². The largest absolute Gasteiger partial charge is 0.490 e. The van der Waals surface area contributed by atoms with Crippen molar-refractivity contribution in [1.29, 1.82) is 0 Å². The smallest absolute Gasteiger partial charge is 0.258 e. The molecule has 2 aromatic rings. The van der Waals surface area contributed by atoms with E-state index >= 15 is 0 Å². The molecule has 5 nitrogen and oxygen atoms in total. The average Bonchev–Trinajstić information content (AvgIpc) is 2.66. The molecule has 170 valence electrons. The molecule has 0 heterocycles. The third-order valence-corrected chi connectivity index (χ3v) is 5.13. The van der Waals surface area contributed by atoms with Gasteiger partial charge in [0.1, 0.15) is 0 Å². The lowest BCUT2D eigenvalue weighted by Crippen LogP contribution is -2.43. The second-order valence-corrected chi connectivity index (χ2v) is 9.32. The van der Waals surface area contributed by atoms with Gasteiger partial charge in [-0.25, -0.2) is 0 Å². The van der Waals surface area contributed by atoms with Crippen LogP contribution in [0.4, 0.5) is 0 Å². The summed E-state index contributed by atoms with van der Waals surface area (Å²) in [5, 5.41) is 8.03. The Kier molecular flexibility index (Phi) is 9.76. The van der Waals surface area contributed by atoms with Crippen molar-refractivity contribution in [1.82, 2.24) is 10.6 Å². The summed E-state index contributed by atoms with van der Waals surface area (Å²) >= 11 is 18.6. The third-order valence-electron chi connectivity index (χ3n) is 4.19. The van der Waals surface area contributed by atoms with Gasteiger partial charge in [0.2, 0.25) is 0 Å². The maximum Gasteiger partial charge on any atom is 0.258 e. The van der Waals surface area contributed by atoms with E-state index in [2.05, 4.69) is 10.6 Å². The van der Waals surface area contributed by atoms with Crippen LogP contribution in [-0.4, -0.2) is 31.2 Å². The number of amides is 1. The predicted molar refractivity (Wildman–Crippen MR) is 128 cm³/mol. The van der Waals surface area contributed by atoms with Crippen LogP contribution < -0.4 is 20.1 Å². The molecular weight excluding hydrogens is 459 g/mol. The minimum Gasteiger partial charge on any atom is -0.490 e. The molecule has 0 saturated carbocycles. The van der Waals surface area contributed by atoms with E-state index in [0.29, 0.717) is 46.3 Å². The Morgan fingerprint density at radius 1 is 0.968 bits per heavy atom. The Morgan fingerprint density at radius 2 is 1.65 bits per heavy atom. The van der Waals surface area contributed by atoms with Gasteiger partial charge in [0, 0.05) is 33.2 Å². The Balaban J connectivity index is 1.97. The van der Waals surface area contributed by atoms with Gasteiger partial charge in [-0.05, 0) is 70.0 Å². The van der Waals surface area contributed by atoms with E-state index < -0.39 is 0 Å². The van der Waals surface area contributed by atoms with Gasteiger partial charge in [0.15, 0.2) is 18.1 Å². The maximum absolute atomic E-state index is 12.1. The van der Waals surface area contributed by atoms with Crippen LogP contribution in [0.3, 0.4) is 0 Å². The zero-order valence-corrected chi connectivity index (χ0v) is 20.5. The molecule has 0 aliphatic rings. The predicted octanol–water partition coefficient (Wildman–Crippen LogP) is 5.67. The molecule has 0 radical (unpaired) electrons. The summed E-state index contributed by atoms with van der Waals surface area (Å²) in [6.45, 7) is 9.24. The highest BCUT2D eigenvalue weighted by molar-refractivity contribution is 6.35. The van der Waals surface area contributed by atoms with Crippen molar-refractivity contribution in [3.05, 3.63) is 56.5 Å². The standard InChI is InChI=1S/C23H29Cl3N2O3/c1-5-30-20-10-16(13-27-9-8-15-6-7-17(24)11-18(15)25)19(26)12-21(20)31-14-22(29)28-23(2,3)4/h6-7,10-12,27H,5,8-9,13-14H2,1-4H3,(H,28,29). The molecule has 1 amide bonds. The summed E-state index contributed by atoms with van der Waals surface area (Å²) in [6.07, 6.45) is 0.760. The second-order valence-electron chi connectivity index (χ2n) is 8.07. The zero-order chi connectivity index (χ0) is 23.0. The van der Waals surface area contributed by atoms with E-state index in [1.54, 1.807) is 12.1 Å². The van der Waals surface area contributed by atoms with Gasteiger partial charge >= 0.3 is 0 Å². The van der Waals surface area contributed by atoms with Crippen LogP contribution in [0.2, 0.25) is 15.1 Å². The number of hydrogen-bond donors (Lipinski definition) is 2. The quantitative estimate of drug-likeness (QED) is 0.424. The van der Waals surface area contributed by atoms with Crippen molar-refractivity contribution < 1.29 is 14.3 Å². The van der Waals surface area contributed by atoms with E-state index in [9.17, 15) is 4.79 Å². The van der Waals surface area contributed by atoms with E-state index in [1.807, 2.05) is 45.9 Å². The fourth-order valence-corrected chi connectivity index (χ4v) is 3.59. The first-order valence-corrected chi connectivity index (χ1v) is 11.3. The second kappa shape index (κ2) is 11.8. The fraction of sp³-hybridized carbons (Fsp3) is 0.435. The highest BCUT2D eigenvalue weighted by Gasteiger charge is 2.16. The van der Waals surface area contributed by atoms with Gasteiger partial charge in [0.05, 0.1) is 6.61 Å². The minimum absolute atomic E-state index is 0.118. The zero-order valence-electron chi connectivity index (χ0n) is 18.3. The number of halogens is 3. The number of carbonyl (C=O) groups excluding carboxylic acids is 1. The molecular formula is C23H29Cl3N2O3. The van der Waals surface area contributed by atoms with Crippen LogP contribution in [0.25, 0.3) is 0 Å². The Labute approximate surface area is 199 Å². The Bertz CT molecular complexity index is 898. The lowest BCUT2D eigenvalue weighted by atomic mass is 10.1. The number of nitrogens with one attached hydrogen (secondary N) is 2. The topological polar surface area (TPSA) is 59.6 Å². The van der Waals surface area contributed by atoms with Gasteiger partial charge in [-0.2, -0.15) is 0 Å². The summed E-state index contributed by atoms with van der Waals surface area (Å²) in [4.78, 5) is 12.1. The average molecular weight is 488 g/mol. The van der Waals surface area contributed by atoms with Gasteiger partial charge in [-0.15, -0.1) is 0 Å². The molecule has 0 aliphatic heterocycles. The van der Waals surface area contributed by atoms with Crippen molar-refractivity contribution in [2.45, 2.75) is 46.2 Å². The van der Waals surface area contributed by atoms with Crippen molar-refractivity contribution in [3.63, 3.8) is 0 Å². The van der Waals surface area contributed by atoms with Crippen LogP contribution in [0.5, 0.6) is 11.5 Å². The number of ether oxygens (including phenoxy) is 2. The molecule has 0 bridgehead atoms. The Hall–Kier alpha value is -1.66. The van der Waals surface area contributed by atoms with Gasteiger partial charge in [0.25, 0.3) is 5.91 Å². The first-order valence-electron chi connectivity index (χ1n) is 10.1. The fourth-order valence-electron chi connectivity index (χ4n) is 2.86. The van der Waals surface area contributed by atoms with Crippen molar-refractivity contribution in [3.8, 4) is 11.5 Å². The summed E-state index contributed by atoms with van der Waals surface area (Å²) in [5.41, 5.74) is 1.57. The molecule has 0 unspecified atom stereocenters. The van der Waals surface area contributed by atoms with Crippen molar-refractivity contribution >= 4 is 40.7 Å². The van der Waals surface area contributed by atoms with Crippen LogP contribution in [0.15, 0.2) is 30.3 Å². The Morgan fingerprint density at radius 3 is 2.29 bits per heavy atom. The normalized spacial score (nSPS) is 11.3. The summed E-state index contributed by atoms with van der Waals surface area (Å²) in [6, 6.07) is 9.02. The van der Waals surface area contributed by atoms with E-state index in [-0.39, 0.29) is 18.1 Å². The molecule has 0 fully saturated rings. The van der Waals surface area contributed by atoms with E-state index in [0.717, 1.165) is 17.5 Å². The molecule has 0 atom stereocenters. The third kappa shape index (κ3) is 8.77. The molecule has 0 saturated heterocycles. The lowest BCUT2D eigenvalue weighted by molar-refractivity contribution is -0.124. The molecule has 8 heteroatoms. The van der Waals surface area contributed by atoms with Gasteiger partial charge in [-0.1, -0.05) is 40.9 Å². The summed E-state index contributed by atoms with van der Waals surface area (Å²) < 4.78 is 11.4. The van der Waals surface area contributed by atoms with Crippen LogP contribution in [0.1, 0.15) is 38.8 Å². The monoisotopic (exact) mass is 486 g/mol. The summed E-state index contributed by atoms with van der Waals surface area (Å²) in [5.74, 6) is 0.776. The summed E-state index contributed by atoms with van der Waals surface area (Å²) in [7, 11) is 0.